The van der Waals surface area contributed by atoms with Gasteiger partial charge in [0.1, 0.15) is 0 Å². The first kappa shape index (κ1) is 7.60. The molecule has 0 radical (unpaired) electrons. The number of rotatable bonds is 1. The van der Waals surface area contributed by atoms with Gasteiger partial charge in [0.25, 0.3) is 0 Å². The van der Waals surface area contributed by atoms with E-state index in [1.807, 2.05) is 0 Å². The van der Waals surface area contributed by atoms with E-state index in [1.165, 1.54) is 32.4 Å². The molecular formula is C10H19N. The predicted molar refractivity (Wildman–Crippen MR) is 47.5 cm³/mol. The van der Waals surface area contributed by atoms with Crippen molar-refractivity contribution in [2.45, 2.75) is 33.1 Å². The number of hydrogen-bond donors (Lipinski definition) is 1. The molecule has 2 fully saturated rings. The van der Waals surface area contributed by atoms with Crippen molar-refractivity contribution < 1.29 is 0 Å². The molecule has 0 aromatic heterocycles. The molecule has 1 N–H and O–H groups in total. The molecule has 1 spiro atoms. The zero-order valence-electron chi connectivity index (χ0n) is 7.69. The molecule has 2 aliphatic rings. The van der Waals surface area contributed by atoms with Crippen LogP contribution in [0.1, 0.15) is 33.1 Å². The second-order valence-electron chi connectivity index (χ2n) is 4.68. The summed E-state index contributed by atoms with van der Waals surface area (Å²) in [4.78, 5) is 0. The fourth-order valence-corrected chi connectivity index (χ4v) is 2.78. The quantitative estimate of drug-likeness (QED) is 0.608. The third-order valence-corrected chi connectivity index (χ3v) is 3.59. The molecule has 0 aromatic carbocycles. The molecule has 1 aliphatic heterocycles. The van der Waals surface area contributed by atoms with Gasteiger partial charge in [-0.1, -0.05) is 13.8 Å². The number of nitrogens with one attached hydrogen (secondary N) is 1. The van der Waals surface area contributed by atoms with E-state index in [0.29, 0.717) is 0 Å². The van der Waals surface area contributed by atoms with Crippen molar-refractivity contribution in [1.82, 2.24) is 5.32 Å². The first-order chi connectivity index (χ1) is 5.25. The predicted octanol–water partition coefficient (Wildman–Crippen LogP) is 2.03. The van der Waals surface area contributed by atoms with Gasteiger partial charge in [0, 0.05) is 6.54 Å². The Hall–Kier alpha value is -0.0400. The highest BCUT2D eigenvalue weighted by atomic mass is 14.9. The van der Waals surface area contributed by atoms with E-state index in [4.69, 9.17) is 0 Å². The third kappa shape index (κ3) is 1.20. The highest BCUT2D eigenvalue weighted by molar-refractivity contribution is 5.03. The molecule has 11 heavy (non-hydrogen) atoms. The van der Waals surface area contributed by atoms with Crippen LogP contribution in [0.2, 0.25) is 0 Å². The third-order valence-electron chi connectivity index (χ3n) is 3.59. The molecule has 0 amide bonds. The first-order valence-electron chi connectivity index (χ1n) is 4.95. The van der Waals surface area contributed by atoms with Crippen molar-refractivity contribution in [1.29, 1.82) is 0 Å². The highest BCUT2D eigenvalue weighted by Gasteiger charge is 2.50. The topological polar surface area (TPSA) is 12.0 Å². The van der Waals surface area contributed by atoms with Gasteiger partial charge in [-0.15, -0.1) is 0 Å². The molecule has 1 nitrogen and oxygen atoms in total. The highest BCUT2D eigenvalue weighted by Crippen LogP contribution is 2.56. The lowest BCUT2D eigenvalue weighted by atomic mass is 9.76. The minimum Gasteiger partial charge on any atom is -0.316 e. The Bertz CT molecular complexity index is 147. The maximum Gasteiger partial charge on any atom is 0.00106 e. The van der Waals surface area contributed by atoms with Gasteiger partial charge in [-0.25, -0.2) is 0 Å². The summed E-state index contributed by atoms with van der Waals surface area (Å²) in [6, 6.07) is 0. The van der Waals surface area contributed by atoms with Gasteiger partial charge in [-0.3, -0.25) is 0 Å². The second kappa shape index (κ2) is 2.48. The van der Waals surface area contributed by atoms with Crippen molar-refractivity contribution in [3.05, 3.63) is 0 Å². The van der Waals surface area contributed by atoms with E-state index < -0.39 is 0 Å². The Kier molecular flexibility index (Phi) is 1.71. The maximum atomic E-state index is 3.52. The summed E-state index contributed by atoms with van der Waals surface area (Å²) in [6.07, 6.45) is 4.39. The van der Waals surface area contributed by atoms with Crippen molar-refractivity contribution in [2.75, 3.05) is 13.1 Å². The van der Waals surface area contributed by atoms with Gasteiger partial charge in [0.15, 0.2) is 0 Å². The van der Waals surface area contributed by atoms with Crippen LogP contribution in [0.25, 0.3) is 0 Å². The molecule has 1 aliphatic carbocycles. The smallest absolute Gasteiger partial charge is 0.00106 e. The molecule has 1 saturated heterocycles. The van der Waals surface area contributed by atoms with Crippen LogP contribution in [-0.4, -0.2) is 13.1 Å². The van der Waals surface area contributed by atoms with Crippen LogP contribution < -0.4 is 5.32 Å². The van der Waals surface area contributed by atoms with E-state index in [0.717, 1.165) is 17.3 Å². The largest absolute Gasteiger partial charge is 0.316 e. The lowest BCUT2D eigenvalue weighted by molar-refractivity contribution is 0.174. The van der Waals surface area contributed by atoms with Gasteiger partial charge in [0.05, 0.1) is 0 Å². The van der Waals surface area contributed by atoms with Gasteiger partial charge in [-0.05, 0) is 43.1 Å². The van der Waals surface area contributed by atoms with Crippen LogP contribution in [0.3, 0.4) is 0 Å². The van der Waals surface area contributed by atoms with Crippen LogP contribution >= 0.6 is 0 Å². The molecule has 1 unspecified atom stereocenters. The normalized spacial score (nSPS) is 34.6. The van der Waals surface area contributed by atoms with E-state index in [2.05, 4.69) is 19.2 Å². The number of hydrogen-bond acceptors (Lipinski definition) is 1. The van der Waals surface area contributed by atoms with E-state index >= 15 is 0 Å². The van der Waals surface area contributed by atoms with Crippen LogP contribution in [0.15, 0.2) is 0 Å². The van der Waals surface area contributed by atoms with E-state index in [9.17, 15) is 0 Å². The monoisotopic (exact) mass is 153 g/mol. The number of piperidine rings is 1. The Balaban J connectivity index is 2.04. The standard InChI is InChI=1S/C10H19N/c1-8(2)9-3-6-11-7-10(9)4-5-10/h8-9,11H,3-7H2,1-2H3. The zero-order valence-corrected chi connectivity index (χ0v) is 7.69. The van der Waals surface area contributed by atoms with Gasteiger partial charge in [0.2, 0.25) is 0 Å². The molecule has 1 heterocycles. The minimum atomic E-state index is 0.756. The Morgan fingerprint density at radius 2 is 2.09 bits per heavy atom. The SMILES string of the molecule is CC(C)C1CCNCC12CC2. The second-order valence-corrected chi connectivity index (χ2v) is 4.68. The lowest BCUT2D eigenvalue weighted by Gasteiger charge is -2.35. The van der Waals surface area contributed by atoms with Crippen molar-refractivity contribution in [3.63, 3.8) is 0 Å². The van der Waals surface area contributed by atoms with Crippen LogP contribution in [0, 0.1) is 17.3 Å². The van der Waals surface area contributed by atoms with Gasteiger partial charge in [-0.2, -0.15) is 0 Å². The summed E-state index contributed by atoms with van der Waals surface area (Å²) < 4.78 is 0. The summed E-state index contributed by atoms with van der Waals surface area (Å²) >= 11 is 0. The Labute approximate surface area is 69.6 Å². The average Bonchev–Trinajstić information content (AvgIpc) is 2.70. The molecule has 0 bridgehead atoms. The summed E-state index contributed by atoms with van der Waals surface area (Å²) in [7, 11) is 0. The Morgan fingerprint density at radius 3 is 2.55 bits per heavy atom. The summed E-state index contributed by atoms with van der Waals surface area (Å²) in [5.41, 5.74) is 0.756. The summed E-state index contributed by atoms with van der Waals surface area (Å²) in [5.74, 6) is 1.92. The van der Waals surface area contributed by atoms with Crippen molar-refractivity contribution >= 4 is 0 Å². The van der Waals surface area contributed by atoms with Crippen LogP contribution in [0.5, 0.6) is 0 Å². The summed E-state index contributed by atoms with van der Waals surface area (Å²) in [5, 5.41) is 3.52. The molecule has 64 valence electrons. The van der Waals surface area contributed by atoms with Crippen molar-refractivity contribution in [2.24, 2.45) is 17.3 Å². The fourth-order valence-electron chi connectivity index (χ4n) is 2.78. The summed E-state index contributed by atoms with van der Waals surface area (Å²) in [6.45, 7) is 7.33. The van der Waals surface area contributed by atoms with E-state index in [1.54, 1.807) is 0 Å². The average molecular weight is 153 g/mol. The first-order valence-corrected chi connectivity index (χ1v) is 4.95. The minimum absolute atomic E-state index is 0.756. The lowest BCUT2D eigenvalue weighted by Crippen LogP contribution is -2.40. The molecule has 0 aromatic rings. The van der Waals surface area contributed by atoms with Crippen LogP contribution in [-0.2, 0) is 0 Å². The van der Waals surface area contributed by atoms with Crippen molar-refractivity contribution in [3.8, 4) is 0 Å². The Morgan fingerprint density at radius 1 is 1.36 bits per heavy atom. The maximum absolute atomic E-state index is 3.52. The van der Waals surface area contributed by atoms with Gasteiger partial charge < -0.3 is 5.32 Å². The molecule has 1 atom stereocenters. The van der Waals surface area contributed by atoms with Crippen LogP contribution in [0.4, 0.5) is 0 Å². The molecule has 1 heteroatoms. The molecule has 1 saturated carbocycles. The van der Waals surface area contributed by atoms with E-state index in [-0.39, 0.29) is 0 Å². The molecule has 2 rings (SSSR count). The zero-order chi connectivity index (χ0) is 7.90. The molecular weight excluding hydrogens is 134 g/mol. The van der Waals surface area contributed by atoms with Gasteiger partial charge >= 0.3 is 0 Å². The fraction of sp³-hybridized carbons (Fsp3) is 1.00.